The normalized spacial score (nSPS) is 17.5. The number of imide groups is 1. The number of benzene rings is 2. The lowest BCUT2D eigenvalue weighted by molar-refractivity contribution is -0.121. The van der Waals surface area contributed by atoms with Gasteiger partial charge in [-0.2, -0.15) is 0 Å². The van der Waals surface area contributed by atoms with Gasteiger partial charge in [0.25, 0.3) is 0 Å². The van der Waals surface area contributed by atoms with Crippen molar-refractivity contribution in [3.8, 4) is 5.75 Å². The maximum atomic E-state index is 13.1. The molecule has 0 saturated carbocycles. The monoisotopic (exact) mass is 334 g/mol. The van der Waals surface area contributed by atoms with E-state index in [1.165, 1.54) is 12.0 Å². The Morgan fingerprint density at radius 3 is 2.56 bits per heavy atom. The third kappa shape index (κ3) is 2.31. The van der Waals surface area contributed by atoms with E-state index in [0.717, 1.165) is 16.5 Å². The number of nitrogens with zero attached hydrogens (tertiary/aromatic N) is 2. The number of aromatic nitrogens is 1. The molecule has 2 heterocycles. The van der Waals surface area contributed by atoms with Crippen LogP contribution in [0.25, 0.3) is 10.9 Å². The maximum Gasteiger partial charge on any atom is 0.242 e. The first kappa shape index (κ1) is 15.4. The van der Waals surface area contributed by atoms with Crippen LogP contribution in [0.5, 0.6) is 5.75 Å². The van der Waals surface area contributed by atoms with Crippen LogP contribution >= 0.6 is 0 Å². The van der Waals surface area contributed by atoms with E-state index >= 15 is 0 Å². The second-order valence-corrected chi connectivity index (χ2v) is 6.21. The summed E-state index contributed by atoms with van der Waals surface area (Å²) in [4.78, 5) is 27.0. The van der Waals surface area contributed by atoms with Crippen LogP contribution in [0.4, 0.5) is 5.69 Å². The minimum Gasteiger partial charge on any atom is -0.495 e. The first-order valence-electron chi connectivity index (χ1n) is 8.15. The van der Waals surface area contributed by atoms with Crippen LogP contribution in [0, 0.1) is 0 Å². The van der Waals surface area contributed by atoms with Gasteiger partial charge in [0, 0.05) is 30.6 Å². The number of amides is 2. The first-order chi connectivity index (χ1) is 12.1. The molecule has 2 amide bonds. The number of hydrogen-bond donors (Lipinski definition) is 0. The van der Waals surface area contributed by atoms with E-state index in [0.29, 0.717) is 11.4 Å². The Hall–Kier alpha value is -3.08. The molecule has 5 heteroatoms. The molecule has 1 aromatic heterocycles. The first-order valence-corrected chi connectivity index (χ1v) is 8.15. The summed E-state index contributed by atoms with van der Waals surface area (Å²) in [6, 6.07) is 15.0. The summed E-state index contributed by atoms with van der Waals surface area (Å²) in [7, 11) is 3.48. The Labute approximate surface area is 145 Å². The van der Waals surface area contributed by atoms with Crippen LogP contribution in [0.1, 0.15) is 17.9 Å². The molecule has 0 radical (unpaired) electrons. The highest BCUT2D eigenvalue weighted by Gasteiger charge is 2.42. The molecule has 1 aliphatic rings. The van der Waals surface area contributed by atoms with Gasteiger partial charge in [-0.15, -0.1) is 0 Å². The zero-order chi connectivity index (χ0) is 17.6. The van der Waals surface area contributed by atoms with Gasteiger partial charge < -0.3 is 9.30 Å². The van der Waals surface area contributed by atoms with Crippen LogP contribution in [0.3, 0.4) is 0 Å². The molecule has 0 N–H and O–H groups in total. The van der Waals surface area contributed by atoms with E-state index in [2.05, 4.69) is 0 Å². The van der Waals surface area contributed by atoms with Crippen molar-refractivity contribution in [1.29, 1.82) is 0 Å². The number of anilines is 1. The van der Waals surface area contributed by atoms with Crippen molar-refractivity contribution in [3.05, 3.63) is 60.3 Å². The smallest absolute Gasteiger partial charge is 0.242 e. The molecule has 3 aromatic rings. The highest BCUT2D eigenvalue weighted by molar-refractivity contribution is 6.24. The van der Waals surface area contributed by atoms with Gasteiger partial charge in [0.1, 0.15) is 5.75 Å². The fraction of sp³-hybridized carbons (Fsp3) is 0.200. The zero-order valence-electron chi connectivity index (χ0n) is 14.1. The average molecular weight is 334 g/mol. The Kier molecular flexibility index (Phi) is 3.57. The number of carbonyl (C=O) groups excluding carboxylic acids is 2. The zero-order valence-corrected chi connectivity index (χ0v) is 14.1. The highest BCUT2D eigenvalue weighted by atomic mass is 16.5. The van der Waals surface area contributed by atoms with Crippen LogP contribution in [0.2, 0.25) is 0 Å². The second kappa shape index (κ2) is 5.77. The van der Waals surface area contributed by atoms with Crippen molar-refractivity contribution >= 4 is 28.4 Å². The minimum absolute atomic E-state index is 0.172. The predicted octanol–water partition coefficient (Wildman–Crippen LogP) is 3.23. The standard InChI is InChI=1S/C20H18N2O3/c1-21-12-15(13-7-3-4-8-16(13)21)14-11-19(23)22(20(14)24)17-9-5-6-10-18(17)25-2/h3-10,12,14H,11H2,1-2H3/t14-/m1/s1. The molecule has 25 heavy (non-hydrogen) atoms. The molecule has 1 aliphatic heterocycles. The molecule has 126 valence electrons. The third-order valence-electron chi connectivity index (χ3n) is 4.78. The van der Waals surface area contributed by atoms with Crippen molar-refractivity contribution in [1.82, 2.24) is 4.57 Å². The molecular weight excluding hydrogens is 316 g/mol. The fourth-order valence-corrected chi connectivity index (χ4v) is 3.59. The summed E-state index contributed by atoms with van der Waals surface area (Å²) >= 11 is 0. The summed E-state index contributed by atoms with van der Waals surface area (Å²) in [5.41, 5.74) is 2.45. The molecule has 0 aliphatic carbocycles. The van der Waals surface area contributed by atoms with Gasteiger partial charge in [-0.25, -0.2) is 4.90 Å². The topological polar surface area (TPSA) is 51.5 Å². The second-order valence-electron chi connectivity index (χ2n) is 6.21. The van der Waals surface area contributed by atoms with E-state index in [1.54, 1.807) is 18.2 Å². The molecule has 0 spiro atoms. The van der Waals surface area contributed by atoms with Crippen molar-refractivity contribution in [3.63, 3.8) is 0 Å². The van der Waals surface area contributed by atoms with Gasteiger partial charge in [0.2, 0.25) is 11.8 Å². The molecule has 0 unspecified atom stereocenters. The number of hydrogen-bond acceptors (Lipinski definition) is 3. The Bertz CT molecular complexity index is 990. The van der Waals surface area contributed by atoms with E-state index in [4.69, 9.17) is 4.74 Å². The van der Waals surface area contributed by atoms with Crippen molar-refractivity contribution in [2.24, 2.45) is 7.05 Å². The van der Waals surface area contributed by atoms with E-state index < -0.39 is 5.92 Å². The lowest BCUT2D eigenvalue weighted by Gasteiger charge is -2.17. The van der Waals surface area contributed by atoms with Crippen molar-refractivity contribution < 1.29 is 14.3 Å². The lowest BCUT2D eigenvalue weighted by Crippen LogP contribution is -2.30. The average Bonchev–Trinajstić information content (AvgIpc) is 3.12. The number of aryl methyl sites for hydroxylation is 1. The number of para-hydroxylation sites is 3. The number of ether oxygens (including phenoxy) is 1. The number of carbonyl (C=O) groups is 2. The molecular formula is C20H18N2O3. The van der Waals surface area contributed by atoms with E-state index in [-0.39, 0.29) is 18.2 Å². The number of methoxy groups -OCH3 is 1. The van der Waals surface area contributed by atoms with Crippen LogP contribution < -0.4 is 9.64 Å². The van der Waals surface area contributed by atoms with Crippen LogP contribution in [0.15, 0.2) is 54.7 Å². The maximum absolute atomic E-state index is 13.1. The molecule has 2 aromatic carbocycles. The summed E-state index contributed by atoms with van der Waals surface area (Å²) in [6.45, 7) is 0. The fourth-order valence-electron chi connectivity index (χ4n) is 3.59. The van der Waals surface area contributed by atoms with Gasteiger partial charge >= 0.3 is 0 Å². The van der Waals surface area contributed by atoms with Crippen molar-refractivity contribution in [2.45, 2.75) is 12.3 Å². The van der Waals surface area contributed by atoms with Gasteiger partial charge in [-0.3, -0.25) is 9.59 Å². The predicted molar refractivity (Wildman–Crippen MR) is 95.8 cm³/mol. The van der Waals surface area contributed by atoms with Crippen molar-refractivity contribution in [2.75, 3.05) is 12.0 Å². The Morgan fingerprint density at radius 2 is 1.76 bits per heavy atom. The SMILES string of the molecule is COc1ccccc1N1C(=O)C[C@H](c2cn(C)c3ccccc23)C1=O. The quantitative estimate of drug-likeness (QED) is 0.691. The van der Waals surface area contributed by atoms with Gasteiger partial charge in [0.15, 0.2) is 0 Å². The van der Waals surface area contributed by atoms with E-state index in [1.807, 2.05) is 48.1 Å². The molecule has 4 rings (SSSR count). The molecule has 1 atom stereocenters. The van der Waals surface area contributed by atoms with Gasteiger partial charge in [-0.1, -0.05) is 30.3 Å². The minimum atomic E-state index is -0.469. The lowest BCUT2D eigenvalue weighted by atomic mass is 9.97. The third-order valence-corrected chi connectivity index (χ3v) is 4.78. The van der Waals surface area contributed by atoms with Gasteiger partial charge in [-0.05, 0) is 23.8 Å². The molecule has 0 bridgehead atoms. The summed E-state index contributed by atoms with van der Waals surface area (Å²) in [6.07, 6.45) is 2.12. The van der Waals surface area contributed by atoms with Crippen LogP contribution in [-0.2, 0) is 16.6 Å². The molecule has 5 nitrogen and oxygen atoms in total. The molecule has 1 saturated heterocycles. The molecule has 1 fully saturated rings. The summed E-state index contributed by atoms with van der Waals surface area (Å²) in [5.74, 6) is -0.357. The van der Waals surface area contributed by atoms with Gasteiger partial charge in [0.05, 0.1) is 18.7 Å². The number of rotatable bonds is 3. The highest BCUT2D eigenvalue weighted by Crippen LogP contribution is 2.39. The summed E-state index contributed by atoms with van der Waals surface area (Å²) in [5, 5.41) is 1.01. The number of fused-ring (bicyclic) bond motifs is 1. The summed E-state index contributed by atoms with van der Waals surface area (Å²) < 4.78 is 7.31. The Morgan fingerprint density at radius 1 is 1.04 bits per heavy atom. The van der Waals surface area contributed by atoms with Crippen LogP contribution in [-0.4, -0.2) is 23.5 Å². The van der Waals surface area contributed by atoms with E-state index in [9.17, 15) is 9.59 Å². The largest absolute Gasteiger partial charge is 0.495 e. The Balaban J connectivity index is 1.79.